The average molecular weight is 264 g/mol. The van der Waals surface area contributed by atoms with E-state index in [1.54, 1.807) is 12.3 Å². The molecule has 0 N–H and O–H groups in total. The Morgan fingerprint density at radius 2 is 1.65 bits per heavy atom. The molecule has 1 heterocycles. The highest BCUT2D eigenvalue weighted by Crippen LogP contribution is 2.22. The summed E-state index contributed by atoms with van der Waals surface area (Å²) >= 11 is 0. The first-order valence-corrected chi connectivity index (χ1v) is 6.77. The minimum absolute atomic E-state index is 0.0177. The Balaban J connectivity index is 2.15. The summed E-state index contributed by atoms with van der Waals surface area (Å²) < 4.78 is 5.56. The largest absolute Gasteiger partial charge is 0.463 e. The molecule has 1 aromatic heterocycles. The number of rotatable bonds is 2. The lowest BCUT2D eigenvalue weighted by molar-refractivity contribution is 0.604. The second-order valence-corrected chi connectivity index (χ2v) is 5.25. The smallest absolute Gasteiger partial charge is 0.200 e. The molecule has 20 heavy (non-hydrogen) atoms. The summed E-state index contributed by atoms with van der Waals surface area (Å²) in [7, 11) is 0. The molecular weight excluding hydrogens is 248 g/mol. The summed E-state index contributed by atoms with van der Waals surface area (Å²) in [6.07, 6.45) is 1.55. The average Bonchev–Trinajstić information content (AvgIpc) is 2.48. The summed E-state index contributed by atoms with van der Waals surface area (Å²) in [4.78, 5) is 12.5. The first-order valence-electron chi connectivity index (χ1n) is 6.77. The van der Waals surface area contributed by atoms with Gasteiger partial charge in [-0.3, -0.25) is 4.79 Å². The van der Waals surface area contributed by atoms with E-state index in [1.807, 2.05) is 30.3 Å². The fraction of sp³-hybridized carbons (Fsp3) is 0.167. The van der Waals surface area contributed by atoms with E-state index in [-0.39, 0.29) is 5.43 Å². The molecule has 0 amide bonds. The molecular formula is C18H16O2. The highest BCUT2D eigenvalue weighted by molar-refractivity contribution is 5.81. The SMILES string of the molecule is CC(C)c1ccc(-c2coc3ccccc3c2=O)cc1. The molecule has 0 spiro atoms. The van der Waals surface area contributed by atoms with Gasteiger partial charge in [-0.2, -0.15) is 0 Å². The van der Waals surface area contributed by atoms with Crippen LogP contribution in [0, 0.1) is 0 Å². The van der Waals surface area contributed by atoms with E-state index >= 15 is 0 Å². The molecule has 100 valence electrons. The Hall–Kier alpha value is -2.35. The molecule has 2 heteroatoms. The highest BCUT2D eigenvalue weighted by Gasteiger charge is 2.09. The van der Waals surface area contributed by atoms with Crippen LogP contribution in [-0.2, 0) is 0 Å². The fourth-order valence-electron chi connectivity index (χ4n) is 2.32. The second kappa shape index (κ2) is 4.97. The van der Waals surface area contributed by atoms with Crippen molar-refractivity contribution in [1.29, 1.82) is 0 Å². The molecule has 0 aliphatic carbocycles. The Kier molecular flexibility index (Phi) is 3.15. The van der Waals surface area contributed by atoms with Crippen LogP contribution in [0.5, 0.6) is 0 Å². The number of benzene rings is 2. The van der Waals surface area contributed by atoms with E-state index in [1.165, 1.54) is 5.56 Å². The topological polar surface area (TPSA) is 30.2 Å². The van der Waals surface area contributed by atoms with Crippen molar-refractivity contribution in [2.24, 2.45) is 0 Å². The van der Waals surface area contributed by atoms with E-state index in [9.17, 15) is 4.79 Å². The minimum atomic E-state index is 0.0177. The van der Waals surface area contributed by atoms with Gasteiger partial charge in [-0.05, 0) is 29.2 Å². The Bertz CT molecular complexity index is 796. The van der Waals surface area contributed by atoms with Gasteiger partial charge in [-0.15, -0.1) is 0 Å². The normalized spacial score (nSPS) is 11.2. The van der Waals surface area contributed by atoms with Crippen molar-refractivity contribution >= 4 is 11.0 Å². The Morgan fingerprint density at radius 1 is 0.950 bits per heavy atom. The van der Waals surface area contributed by atoms with Crippen LogP contribution in [0.1, 0.15) is 25.3 Å². The maximum absolute atomic E-state index is 12.5. The molecule has 0 aliphatic rings. The van der Waals surface area contributed by atoms with E-state index in [4.69, 9.17) is 4.42 Å². The fourth-order valence-corrected chi connectivity index (χ4v) is 2.32. The van der Waals surface area contributed by atoms with Crippen molar-refractivity contribution in [3.05, 3.63) is 70.6 Å². The zero-order valence-corrected chi connectivity index (χ0v) is 11.6. The third-order valence-corrected chi connectivity index (χ3v) is 3.57. The van der Waals surface area contributed by atoms with Crippen molar-refractivity contribution in [3.63, 3.8) is 0 Å². The van der Waals surface area contributed by atoms with Crippen LogP contribution in [0.2, 0.25) is 0 Å². The van der Waals surface area contributed by atoms with Crippen molar-refractivity contribution < 1.29 is 4.42 Å². The molecule has 0 saturated heterocycles. The van der Waals surface area contributed by atoms with Gasteiger partial charge in [0.1, 0.15) is 11.8 Å². The molecule has 3 rings (SSSR count). The molecule has 0 unspecified atom stereocenters. The van der Waals surface area contributed by atoms with Crippen molar-refractivity contribution in [2.75, 3.05) is 0 Å². The zero-order valence-electron chi connectivity index (χ0n) is 11.6. The van der Waals surface area contributed by atoms with Gasteiger partial charge in [-0.1, -0.05) is 50.2 Å². The van der Waals surface area contributed by atoms with Crippen molar-refractivity contribution in [2.45, 2.75) is 19.8 Å². The van der Waals surface area contributed by atoms with E-state index in [0.717, 1.165) is 5.56 Å². The van der Waals surface area contributed by atoms with E-state index < -0.39 is 0 Å². The predicted octanol–water partition coefficient (Wildman–Crippen LogP) is 4.58. The van der Waals surface area contributed by atoms with Gasteiger partial charge < -0.3 is 4.42 Å². The minimum Gasteiger partial charge on any atom is -0.463 e. The summed E-state index contributed by atoms with van der Waals surface area (Å²) in [5.74, 6) is 0.483. The molecule has 0 fully saturated rings. The molecule has 2 nitrogen and oxygen atoms in total. The van der Waals surface area contributed by atoms with Crippen LogP contribution in [0.15, 0.2) is 64.0 Å². The molecule has 0 aliphatic heterocycles. The summed E-state index contributed by atoms with van der Waals surface area (Å²) in [6, 6.07) is 15.4. The Labute approximate surface area is 117 Å². The molecule has 2 aromatic carbocycles. The van der Waals surface area contributed by atoms with Crippen LogP contribution in [-0.4, -0.2) is 0 Å². The second-order valence-electron chi connectivity index (χ2n) is 5.25. The maximum Gasteiger partial charge on any atom is 0.200 e. The van der Waals surface area contributed by atoms with Crippen LogP contribution in [0.4, 0.5) is 0 Å². The van der Waals surface area contributed by atoms with Gasteiger partial charge >= 0.3 is 0 Å². The lowest BCUT2D eigenvalue weighted by atomic mass is 9.99. The van der Waals surface area contributed by atoms with Gasteiger partial charge in [-0.25, -0.2) is 0 Å². The van der Waals surface area contributed by atoms with Crippen LogP contribution in [0.3, 0.4) is 0 Å². The van der Waals surface area contributed by atoms with Gasteiger partial charge in [0.15, 0.2) is 5.43 Å². The maximum atomic E-state index is 12.5. The summed E-state index contributed by atoms with van der Waals surface area (Å²) in [5.41, 5.74) is 3.41. The van der Waals surface area contributed by atoms with Gasteiger partial charge in [0, 0.05) is 0 Å². The van der Waals surface area contributed by atoms with E-state index in [0.29, 0.717) is 22.5 Å². The molecule has 0 bridgehead atoms. The lowest BCUT2D eigenvalue weighted by Crippen LogP contribution is -2.04. The molecule has 3 aromatic rings. The van der Waals surface area contributed by atoms with Crippen molar-refractivity contribution in [1.82, 2.24) is 0 Å². The summed E-state index contributed by atoms with van der Waals surface area (Å²) in [6.45, 7) is 4.30. The number of hydrogen-bond donors (Lipinski definition) is 0. The van der Waals surface area contributed by atoms with Crippen molar-refractivity contribution in [3.8, 4) is 11.1 Å². The third-order valence-electron chi connectivity index (χ3n) is 3.57. The molecule has 0 radical (unpaired) electrons. The van der Waals surface area contributed by atoms with Gasteiger partial charge in [0.25, 0.3) is 0 Å². The number of fused-ring (bicyclic) bond motifs is 1. The van der Waals surface area contributed by atoms with Crippen LogP contribution in [0.25, 0.3) is 22.1 Å². The monoisotopic (exact) mass is 264 g/mol. The highest BCUT2D eigenvalue weighted by atomic mass is 16.3. The quantitative estimate of drug-likeness (QED) is 0.678. The van der Waals surface area contributed by atoms with Crippen LogP contribution >= 0.6 is 0 Å². The predicted molar refractivity (Wildman–Crippen MR) is 82.0 cm³/mol. The zero-order chi connectivity index (χ0) is 14.1. The van der Waals surface area contributed by atoms with Gasteiger partial charge in [0.2, 0.25) is 0 Å². The molecule has 0 atom stereocenters. The molecule has 0 saturated carbocycles. The van der Waals surface area contributed by atoms with Gasteiger partial charge in [0.05, 0.1) is 10.9 Å². The number of hydrogen-bond acceptors (Lipinski definition) is 2. The summed E-state index contributed by atoms with van der Waals surface area (Å²) in [5, 5.41) is 0.623. The number of para-hydroxylation sites is 1. The Morgan fingerprint density at radius 3 is 2.35 bits per heavy atom. The third kappa shape index (κ3) is 2.14. The first kappa shape index (κ1) is 12.7. The first-order chi connectivity index (χ1) is 9.66. The van der Waals surface area contributed by atoms with Crippen LogP contribution < -0.4 is 5.43 Å². The van der Waals surface area contributed by atoms with E-state index in [2.05, 4.69) is 26.0 Å². The standard InChI is InChI=1S/C18H16O2/c1-12(2)13-7-9-14(10-8-13)16-11-20-17-6-4-3-5-15(17)18(16)19/h3-12H,1-2H3. The lowest BCUT2D eigenvalue weighted by Gasteiger charge is -2.07.